The summed E-state index contributed by atoms with van der Waals surface area (Å²) >= 11 is 1.55. The van der Waals surface area contributed by atoms with E-state index in [9.17, 15) is 9.59 Å². The number of hydrogen-bond donors (Lipinski definition) is 2. The summed E-state index contributed by atoms with van der Waals surface area (Å²) in [6, 6.07) is 19.6. The molecule has 170 valence electrons. The number of anilines is 1. The van der Waals surface area contributed by atoms with E-state index in [-0.39, 0.29) is 17.9 Å². The molecule has 1 aliphatic heterocycles. The Bertz CT molecular complexity index is 1080. The van der Waals surface area contributed by atoms with Gasteiger partial charge in [-0.05, 0) is 48.8 Å². The molecule has 1 saturated heterocycles. The molecule has 3 aromatic rings. The largest absolute Gasteiger partial charge is 0.376 e. The molecule has 1 atom stereocenters. The number of aryl methyl sites for hydroxylation is 1. The third-order valence-electron chi connectivity index (χ3n) is 6.43. The van der Waals surface area contributed by atoms with Crippen molar-refractivity contribution in [1.82, 2.24) is 5.32 Å². The molecular weight excluding hydrogens is 432 g/mol. The number of carbonyl (C=O) groups is 2. The van der Waals surface area contributed by atoms with Crippen LogP contribution in [-0.4, -0.2) is 31.1 Å². The zero-order valence-corrected chi connectivity index (χ0v) is 19.3. The van der Waals surface area contributed by atoms with E-state index in [4.69, 9.17) is 4.74 Å². The van der Waals surface area contributed by atoms with Crippen molar-refractivity contribution >= 4 is 28.2 Å². The van der Waals surface area contributed by atoms with Gasteiger partial charge in [0.1, 0.15) is 5.00 Å². The Morgan fingerprint density at radius 2 is 1.67 bits per heavy atom. The van der Waals surface area contributed by atoms with Crippen molar-refractivity contribution in [2.75, 3.05) is 18.5 Å². The van der Waals surface area contributed by atoms with Crippen molar-refractivity contribution in [3.05, 3.63) is 87.8 Å². The lowest BCUT2D eigenvalue weighted by Crippen LogP contribution is -2.32. The lowest BCUT2D eigenvalue weighted by molar-refractivity contribution is -0.116. The molecule has 6 heteroatoms. The van der Waals surface area contributed by atoms with Gasteiger partial charge in [0.15, 0.2) is 0 Å². The normalized spacial score (nSPS) is 17.2. The van der Waals surface area contributed by atoms with Crippen molar-refractivity contribution in [1.29, 1.82) is 0 Å². The summed E-state index contributed by atoms with van der Waals surface area (Å²) in [6.45, 7) is 1.27. The number of amides is 2. The quantitative estimate of drug-likeness (QED) is 0.526. The molecule has 33 heavy (non-hydrogen) atoms. The summed E-state index contributed by atoms with van der Waals surface area (Å²) in [5.74, 6) is -0.691. The highest BCUT2D eigenvalue weighted by Gasteiger charge is 2.30. The standard InChI is InChI=1S/C27H28N2O3S/c30-25(28-17-20-13-8-16-32-20)24-21-14-7-15-22(21)33-27(24)29-26(31)23(18-9-3-1-4-10-18)19-11-5-2-6-12-19/h1-6,9-12,20,23H,7-8,13-17H2,(H,28,30)(H,29,31). The fraction of sp³-hybridized carbons (Fsp3) is 0.333. The van der Waals surface area contributed by atoms with Gasteiger partial charge < -0.3 is 15.4 Å². The van der Waals surface area contributed by atoms with Crippen LogP contribution in [0.1, 0.15) is 57.1 Å². The minimum Gasteiger partial charge on any atom is -0.376 e. The lowest BCUT2D eigenvalue weighted by atomic mass is 9.90. The van der Waals surface area contributed by atoms with Gasteiger partial charge in [-0.1, -0.05) is 60.7 Å². The minimum atomic E-state index is -0.452. The van der Waals surface area contributed by atoms with Crippen LogP contribution in [0.15, 0.2) is 60.7 Å². The second kappa shape index (κ2) is 9.89. The first-order chi connectivity index (χ1) is 16.2. The number of carbonyl (C=O) groups excluding carboxylic acids is 2. The number of fused-ring (bicyclic) bond motifs is 1. The smallest absolute Gasteiger partial charge is 0.254 e. The van der Waals surface area contributed by atoms with Crippen LogP contribution in [0, 0.1) is 0 Å². The molecule has 1 aliphatic carbocycles. The predicted octanol–water partition coefficient (Wildman–Crippen LogP) is 4.92. The van der Waals surface area contributed by atoms with Crippen LogP contribution in [-0.2, 0) is 22.4 Å². The van der Waals surface area contributed by atoms with Gasteiger partial charge in [0.05, 0.1) is 17.6 Å². The Balaban J connectivity index is 1.42. The monoisotopic (exact) mass is 460 g/mol. The van der Waals surface area contributed by atoms with Gasteiger partial charge in [0, 0.05) is 18.0 Å². The van der Waals surface area contributed by atoms with Gasteiger partial charge in [-0.25, -0.2) is 0 Å². The highest BCUT2D eigenvalue weighted by atomic mass is 32.1. The van der Waals surface area contributed by atoms with E-state index in [1.807, 2.05) is 60.7 Å². The second-order valence-corrected chi connectivity index (χ2v) is 9.76. The molecule has 1 unspecified atom stereocenters. The summed E-state index contributed by atoms with van der Waals surface area (Å²) in [4.78, 5) is 28.1. The summed E-state index contributed by atoms with van der Waals surface area (Å²) in [5.41, 5.74) is 3.58. The van der Waals surface area contributed by atoms with Crippen LogP contribution in [0.3, 0.4) is 0 Å². The molecule has 0 saturated carbocycles. The number of nitrogens with one attached hydrogen (secondary N) is 2. The predicted molar refractivity (Wildman–Crippen MR) is 131 cm³/mol. The first-order valence-corrected chi connectivity index (χ1v) is 12.5. The first kappa shape index (κ1) is 21.9. The number of benzene rings is 2. The van der Waals surface area contributed by atoms with Gasteiger partial charge in [0.25, 0.3) is 5.91 Å². The summed E-state index contributed by atoms with van der Waals surface area (Å²) in [5, 5.41) is 6.85. The van der Waals surface area contributed by atoms with Crippen LogP contribution in [0.25, 0.3) is 0 Å². The maximum absolute atomic E-state index is 13.6. The molecule has 0 bridgehead atoms. The molecule has 2 N–H and O–H groups in total. The topological polar surface area (TPSA) is 67.4 Å². The van der Waals surface area contributed by atoms with Gasteiger partial charge in [0.2, 0.25) is 5.91 Å². The molecule has 1 aromatic heterocycles. The SMILES string of the molecule is O=C(NCC1CCCO1)c1c(NC(=O)C(c2ccccc2)c2ccccc2)sc2c1CCC2. The van der Waals surface area contributed by atoms with E-state index in [0.29, 0.717) is 17.1 Å². The molecule has 2 amide bonds. The molecular formula is C27H28N2O3S. The summed E-state index contributed by atoms with van der Waals surface area (Å²) in [6.07, 6.45) is 4.99. The molecule has 5 rings (SSSR count). The van der Waals surface area contributed by atoms with Crippen LogP contribution < -0.4 is 10.6 Å². The number of ether oxygens (including phenoxy) is 1. The summed E-state index contributed by atoms with van der Waals surface area (Å²) in [7, 11) is 0. The van der Waals surface area contributed by atoms with Crippen LogP contribution in [0.4, 0.5) is 5.00 Å². The van der Waals surface area contributed by atoms with E-state index in [1.54, 1.807) is 11.3 Å². The fourth-order valence-corrected chi connectivity index (χ4v) is 6.09. The highest BCUT2D eigenvalue weighted by molar-refractivity contribution is 7.17. The molecule has 2 aliphatic rings. The molecule has 5 nitrogen and oxygen atoms in total. The van der Waals surface area contributed by atoms with Crippen LogP contribution >= 0.6 is 11.3 Å². The first-order valence-electron chi connectivity index (χ1n) is 11.7. The maximum Gasteiger partial charge on any atom is 0.254 e. The van der Waals surface area contributed by atoms with E-state index in [2.05, 4.69) is 10.6 Å². The number of thiophene rings is 1. The van der Waals surface area contributed by atoms with Crippen molar-refractivity contribution < 1.29 is 14.3 Å². The summed E-state index contributed by atoms with van der Waals surface area (Å²) < 4.78 is 5.66. The van der Waals surface area contributed by atoms with Gasteiger partial charge in [-0.2, -0.15) is 0 Å². The molecule has 0 radical (unpaired) electrons. The molecule has 1 fully saturated rings. The average Bonchev–Trinajstić information content (AvgIpc) is 3.57. The third kappa shape index (κ3) is 4.72. The Hall–Kier alpha value is -2.96. The van der Waals surface area contributed by atoms with Gasteiger partial charge in [-0.3, -0.25) is 9.59 Å². The minimum absolute atomic E-state index is 0.0826. The Labute approximate surface area is 198 Å². The van der Waals surface area contributed by atoms with Crippen molar-refractivity contribution in [2.24, 2.45) is 0 Å². The maximum atomic E-state index is 13.6. The zero-order valence-electron chi connectivity index (χ0n) is 18.5. The van der Waals surface area contributed by atoms with E-state index in [0.717, 1.165) is 55.4 Å². The van der Waals surface area contributed by atoms with Crippen molar-refractivity contribution in [3.8, 4) is 0 Å². The molecule has 2 heterocycles. The third-order valence-corrected chi connectivity index (χ3v) is 7.63. The number of hydrogen-bond acceptors (Lipinski definition) is 4. The van der Waals surface area contributed by atoms with Crippen molar-refractivity contribution in [2.45, 2.75) is 44.1 Å². The highest BCUT2D eigenvalue weighted by Crippen LogP contribution is 2.40. The van der Waals surface area contributed by atoms with Crippen molar-refractivity contribution in [3.63, 3.8) is 0 Å². The van der Waals surface area contributed by atoms with Crippen LogP contribution in [0.5, 0.6) is 0 Å². The zero-order chi connectivity index (χ0) is 22.6. The van der Waals surface area contributed by atoms with Gasteiger partial charge in [-0.15, -0.1) is 11.3 Å². The Morgan fingerprint density at radius 3 is 2.30 bits per heavy atom. The number of rotatable bonds is 7. The lowest BCUT2D eigenvalue weighted by Gasteiger charge is -2.18. The van der Waals surface area contributed by atoms with E-state index >= 15 is 0 Å². The molecule has 2 aromatic carbocycles. The average molecular weight is 461 g/mol. The van der Waals surface area contributed by atoms with Gasteiger partial charge >= 0.3 is 0 Å². The molecule has 0 spiro atoms. The van der Waals surface area contributed by atoms with Crippen LogP contribution in [0.2, 0.25) is 0 Å². The second-order valence-electron chi connectivity index (χ2n) is 8.65. The Kier molecular flexibility index (Phi) is 6.55. The van der Waals surface area contributed by atoms with E-state index in [1.165, 1.54) is 4.88 Å². The van der Waals surface area contributed by atoms with E-state index < -0.39 is 5.92 Å². The Morgan fingerprint density at radius 1 is 0.970 bits per heavy atom. The fourth-order valence-electron chi connectivity index (χ4n) is 4.80.